The highest BCUT2D eigenvalue weighted by atomic mass is 32.1. The standard InChI is InChI=1S/C19H25NOS/c1-20(2)18(15-16-7-4-3-5-8-16)10-12-19(21,13-11-18)17-9-6-14-22-17/h3-9,14,21H,10-13,15H2,1-2H3. The highest BCUT2D eigenvalue weighted by molar-refractivity contribution is 7.10. The van der Waals surface area contributed by atoms with E-state index in [2.05, 4.69) is 60.8 Å². The van der Waals surface area contributed by atoms with Crippen LogP contribution in [-0.2, 0) is 12.0 Å². The quantitative estimate of drug-likeness (QED) is 0.920. The van der Waals surface area contributed by atoms with E-state index in [1.54, 1.807) is 11.3 Å². The van der Waals surface area contributed by atoms with Crippen LogP contribution in [0, 0.1) is 0 Å². The van der Waals surface area contributed by atoms with Crippen molar-refractivity contribution in [1.82, 2.24) is 4.90 Å². The van der Waals surface area contributed by atoms with Gasteiger partial charge in [-0.15, -0.1) is 11.3 Å². The Labute approximate surface area is 137 Å². The predicted molar refractivity (Wildman–Crippen MR) is 93.2 cm³/mol. The molecule has 0 aliphatic heterocycles. The van der Waals surface area contributed by atoms with Crippen molar-refractivity contribution >= 4 is 11.3 Å². The summed E-state index contributed by atoms with van der Waals surface area (Å²) in [6.07, 6.45) is 4.81. The molecule has 1 saturated carbocycles. The van der Waals surface area contributed by atoms with Gasteiger partial charge in [-0.3, -0.25) is 0 Å². The third-order valence-corrected chi connectivity index (χ3v) is 6.38. The molecule has 1 aliphatic carbocycles. The van der Waals surface area contributed by atoms with Crippen LogP contribution < -0.4 is 0 Å². The Morgan fingerprint density at radius 2 is 1.68 bits per heavy atom. The molecular formula is C19H25NOS. The molecule has 0 amide bonds. The van der Waals surface area contributed by atoms with Gasteiger partial charge in [0.2, 0.25) is 0 Å². The lowest BCUT2D eigenvalue weighted by Crippen LogP contribution is -2.51. The van der Waals surface area contributed by atoms with Crippen LogP contribution >= 0.6 is 11.3 Å². The molecule has 22 heavy (non-hydrogen) atoms. The molecule has 0 radical (unpaired) electrons. The fourth-order valence-corrected chi connectivity index (χ4v) is 4.56. The Morgan fingerprint density at radius 1 is 1.00 bits per heavy atom. The molecule has 0 atom stereocenters. The summed E-state index contributed by atoms with van der Waals surface area (Å²) in [7, 11) is 4.36. The Kier molecular flexibility index (Phi) is 4.40. The van der Waals surface area contributed by atoms with Crippen molar-refractivity contribution in [2.75, 3.05) is 14.1 Å². The van der Waals surface area contributed by atoms with Gasteiger partial charge in [0.1, 0.15) is 0 Å². The molecule has 0 spiro atoms. The SMILES string of the molecule is CN(C)C1(Cc2ccccc2)CCC(O)(c2cccs2)CC1. The van der Waals surface area contributed by atoms with Crippen LogP contribution in [0.2, 0.25) is 0 Å². The van der Waals surface area contributed by atoms with Gasteiger partial charge < -0.3 is 10.0 Å². The van der Waals surface area contributed by atoms with Gasteiger partial charge in [-0.25, -0.2) is 0 Å². The molecule has 1 aliphatic rings. The molecule has 0 bridgehead atoms. The molecule has 1 aromatic heterocycles. The summed E-state index contributed by atoms with van der Waals surface area (Å²) in [4.78, 5) is 3.49. The summed E-state index contributed by atoms with van der Waals surface area (Å²) in [5, 5.41) is 13.1. The summed E-state index contributed by atoms with van der Waals surface area (Å²) in [6, 6.07) is 14.8. The van der Waals surface area contributed by atoms with Gasteiger partial charge in [0.15, 0.2) is 0 Å². The average Bonchev–Trinajstić information content (AvgIpc) is 3.06. The smallest absolute Gasteiger partial charge is 0.0989 e. The maximum atomic E-state index is 11.0. The molecule has 3 rings (SSSR count). The van der Waals surface area contributed by atoms with Gasteiger partial charge >= 0.3 is 0 Å². The fourth-order valence-electron chi connectivity index (χ4n) is 3.68. The summed E-state index contributed by atoms with van der Waals surface area (Å²) in [6.45, 7) is 0. The van der Waals surface area contributed by atoms with Crippen molar-refractivity contribution in [2.45, 2.75) is 43.2 Å². The zero-order valence-electron chi connectivity index (χ0n) is 13.5. The van der Waals surface area contributed by atoms with E-state index in [-0.39, 0.29) is 5.54 Å². The van der Waals surface area contributed by atoms with Crippen molar-refractivity contribution in [3.63, 3.8) is 0 Å². The average molecular weight is 315 g/mol. The molecule has 1 heterocycles. The Bertz CT molecular complexity index is 583. The first-order valence-corrected chi connectivity index (χ1v) is 8.90. The third-order valence-electron chi connectivity index (χ3n) is 5.31. The molecule has 2 aromatic rings. The molecule has 0 saturated heterocycles. The molecule has 2 nitrogen and oxygen atoms in total. The topological polar surface area (TPSA) is 23.5 Å². The highest BCUT2D eigenvalue weighted by Crippen LogP contribution is 2.45. The largest absolute Gasteiger partial charge is 0.384 e. The summed E-state index contributed by atoms with van der Waals surface area (Å²) in [5.74, 6) is 0. The van der Waals surface area contributed by atoms with E-state index >= 15 is 0 Å². The van der Waals surface area contributed by atoms with Crippen LogP contribution in [-0.4, -0.2) is 29.6 Å². The van der Waals surface area contributed by atoms with Gasteiger partial charge in [-0.1, -0.05) is 36.4 Å². The normalized spacial score (nSPS) is 28.9. The number of hydrogen-bond acceptors (Lipinski definition) is 3. The van der Waals surface area contributed by atoms with Crippen LogP contribution in [0.15, 0.2) is 47.8 Å². The van der Waals surface area contributed by atoms with Crippen molar-refractivity contribution in [1.29, 1.82) is 0 Å². The number of likely N-dealkylation sites (N-methyl/N-ethyl adjacent to an activating group) is 1. The van der Waals surface area contributed by atoms with Crippen LogP contribution in [0.25, 0.3) is 0 Å². The Balaban J connectivity index is 1.78. The van der Waals surface area contributed by atoms with Crippen molar-refractivity contribution in [2.24, 2.45) is 0 Å². The fraction of sp³-hybridized carbons (Fsp3) is 0.474. The van der Waals surface area contributed by atoms with Crippen molar-refractivity contribution in [3.05, 3.63) is 58.3 Å². The van der Waals surface area contributed by atoms with E-state index in [0.29, 0.717) is 0 Å². The molecule has 0 unspecified atom stereocenters. The third kappa shape index (κ3) is 2.98. The molecule has 118 valence electrons. The Hall–Kier alpha value is -1.16. The first kappa shape index (κ1) is 15.7. The van der Waals surface area contributed by atoms with E-state index in [1.807, 2.05) is 6.07 Å². The minimum Gasteiger partial charge on any atom is -0.384 e. The lowest BCUT2D eigenvalue weighted by atomic mass is 9.70. The predicted octanol–water partition coefficient (Wildman–Crippen LogP) is 4.05. The molecule has 1 fully saturated rings. The molecule has 1 N–H and O–H groups in total. The lowest BCUT2D eigenvalue weighted by Gasteiger charge is -2.48. The number of rotatable bonds is 4. The van der Waals surface area contributed by atoms with Gasteiger partial charge in [-0.05, 0) is 63.2 Å². The van der Waals surface area contributed by atoms with E-state index in [4.69, 9.17) is 0 Å². The minimum atomic E-state index is -0.621. The zero-order valence-corrected chi connectivity index (χ0v) is 14.3. The van der Waals surface area contributed by atoms with Crippen molar-refractivity contribution in [3.8, 4) is 0 Å². The maximum Gasteiger partial charge on any atom is 0.0989 e. The number of thiophene rings is 1. The summed E-state index contributed by atoms with van der Waals surface area (Å²) in [5.41, 5.74) is 0.924. The lowest BCUT2D eigenvalue weighted by molar-refractivity contribution is -0.0462. The second-order valence-electron chi connectivity index (χ2n) is 6.79. The first-order chi connectivity index (χ1) is 10.5. The highest BCUT2D eigenvalue weighted by Gasteiger charge is 2.44. The summed E-state index contributed by atoms with van der Waals surface area (Å²) >= 11 is 1.68. The zero-order chi connectivity index (χ0) is 15.6. The number of benzene rings is 1. The van der Waals surface area contributed by atoms with Crippen LogP contribution in [0.4, 0.5) is 0 Å². The van der Waals surface area contributed by atoms with Crippen molar-refractivity contribution < 1.29 is 5.11 Å². The molecule has 1 aromatic carbocycles. The van der Waals surface area contributed by atoms with Gasteiger partial charge in [0.05, 0.1) is 5.60 Å². The van der Waals surface area contributed by atoms with E-state index in [1.165, 1.54) is 5.56 Å². The first-order valence-electron chi connectivity index (χ1n) is 8.02. The van der Waals surface area contributed by atoms with Crippen LogP contribution in [0.3, 0.4) is 0 Å². The second kappa shape index (κ2) is 6.15. The number of nitrogens with zero attached hydrogens (tertiary/aromatic N) is 1. The number of aliphatic hydroxyl groups is 1. The van der Waals surface area contributed by atoms with Gasteiger partial charge in [-0.2, -0.15) is 0 Å². The van der Waals surface area contributed by atoms with E-state index in [9.17, 15) is 5.11 Å². The van der Waals surface area contributed by atoms with Crippen LogP contribution in [0.1, 0.15) is 36.1 Å². The monoisotopic (exact) mass is 315 g/mol. The molecule has 3 heteroatoms. The van der Waals surface area contributed by atoms with Crippen LogP contribution in [0.5, 0.6) is 0 Å². The summed E-state index contributed by atoms with van der Waals surface area (Å²) < 4.78 is 0. The molecular weight excluding hydrogens is 290 g/mol. The Morgan fingerprint density at radius 3 is 2.23 bits per heavy atom. The van der Waals surface area contributed by atoms with Gasteiger partial charge in [0, 0.05) is 10.4 Å². The second-order valence-corrected chi connectivity index (χ2v) is 7.74. The minimum absolute atomic E-state index is 0.158. The van der Waals surface area contributed by atoms with E-state index < -0.39 is 5.60 Å². The van der Waals surface area contributed by atoms with E-state index in [0.717, 1.165) is 37.0 Å². The maximum absolute atomic E-state index is 11.0. The number of hydrogen-bond donors (Lipinski definition) is 1. The van der Waals surface area contributed by atoms with Gasteiger partial charge in [0.25, 0.3) is 0 Å².